The zero-order valence-corrected chi connectivity index (χ0v) is 35.5. The van der Waals surface area contributed by atoms with Gasteiger partial charge in [-0.25, -0.2) is 9.37 Å². The van der Waals surface area contributed by atoms with Gasteiger partial charge < -0.3 is 39.5 Å². The molecule has 63 heavy (non-hydrogen) atoms. The number of amides is 5. The third kappa shape index (κ3) is 9.15. The van der Waals surface area contributed by atoms with Gasteiger partial charge in [0.05, 0.1) is 18.2 Å². The summed E-state index contributed by atoms with van der Waals surface area (Å²) in [5.41, 5.74) is 1.73. The van der Waals surface area contributed by atoms with Crippen LogP contribution in [0.1, 0.15) is 42.1 Å². The van der Waals surface area contributed by atoms with Crippen LogP contribution in [0.5, 0.6) is 11.5 Å². The van der Waals surface area contributed by atoms with Gasteiger partial charge >= 0.3 is 0 Å². The van der Waals surface area contributed by atoms with E-state index in [-0.39, 0.29) is 104 Å². The van der Waals surface area contributed by atoms with Crippen LogP contribution in [0.15, 0.2) is 60.7 Å². The summed E-state index contributed by atoms with van der Waals surface area (Å²) < 4.78 is 28.4. The number of likely N-dealkylation sites (N-methyl/N-ethyl adjacent to an activating group) is 1. The Morgan fingerprint density at radius 3 is 2.56 bits per heavy atom. The number of phenolic OH excluding ortho intramolecular Hbond substituents is 1. The topological polar surface area (TPSA) is 187 Å². The van der Waals surface area contributed by atoms with Gasteiger partial charge in [-0.2, -0.15) is 4.98 Å². The molecular formula is C45H46ClFN8O8. The Balaban J connectivity index is 0.868. The van der Waals surface area contributed by atoms with E-state index < -0.39 is 17.8 Å². The highest BCUT2D eigenvalue weighted by Gasteiger charge is 2.39. The fourth-order valence-corrected chi connectivity index (χ4v) is 8.52. The molecule has 0 bridgehead atoms. The van der Waals surface area contributed by atoms with Gasteiger partial charge in [0.1, 0.15) is 35.5 Å². The Labute approximate surface area is 366 Å². The van der Waals surface area contributed by atoms with Crippen molar-refractivity contribution in [2.45, 2.75) is 38.8 Å². The molecule has 3 aliphatic rings. The summed E-state index contributed by atoms with van der Waals surface area (Å²) in [5, 5.41) is 17.9. The van der Waals surface area contributed by atoms with E-state index in [2.05, 4.69) is 15.6 Å². The highest BCUT2D eigenvalue weighted by Crippen LogP contribution is 2.42. The van der Waals surface area contributed by atoms with E-state index in [1.165, 1.54) is 22.8 Å². The number of hydrogen-bond acceptors (Lipinski definition) is 12. The summed E-state index contributed by atoms with van der Waals surface area (Å²) in [7, 11) is 1.67. The average molecular weight is 881 g/mol. The molecule has 2 fully saturated rings. The van der Waals surface area contributed by atoms with Crippen molar-refractivity contribution >= 4 is 74.6 Å². The highest BCUT2D eigenvalue weighted by molar-refractivity contribution is 6.35. The maximum Gasteiger partial charge on any atom is 0.255 e. The molecule has 0 spiro atoms. The number of carbonyl (C=O) groups is 5. The number of aromatic nitrogens is 2. The number of imide groups is 1. The van der Waals surface area contributed by atoms with Crippen molar-refractivity contribution in [1.29, 1.82) is 0 Å². The maximum atomic E-state index is 16.9. The molecule has 4 heterocycles. The van der Waals surface area contributed by atoms with E-state index in [1.54, 1.807) is 42.3 Å². The van der Waals surface area contributed by atoms with Crippen LogP contribution in [0.2, 0.25) is 5.02 Å². The molecule has 1 unspecified atom stereocenters. The monoisotopic (exact) mass is 880 g/mol. The number of anilines is 2. The first-order chi connectivity index (χ1) is 30.4. The number of rotatable bonds is 14. The predicted molar refractivity (Wildman–Crippen MR) is 233 cm³/mol. The van der Waals surface area contributed by atoms with Gasteiger partial charge in [0, 0.05) is 89.1 Å². The van der Waals surface area contributed by atoms with Crippen LogP contribution in [0, 0.1) is 5.82 Å². The zero-order chi connectivity index (χ0) is 44.4. The number of hydrogen-bond donors (Lipinski definition) is 3. The smallest absolute Gasteiger partial charge is 0.255 e. The first kappa shape index (κ1) is 43.1. The van der Waals surface area contributed by atoms with Crippen LogP contribution in [-0.2, 0) is 30.5 Å². The summed E-state index contributed by atoms with van der Waals surface area (Å²) >= 11 is 6.85. The van der Waals surface area contributed by atoms with Gasteiger partial charge in [-0.05, 0) is 58.7 Å². The minimum Gasteiger partial charge on any atom is -0.508 e. The van der Waals surface area contributed by atoms with Crippen LogP contribution in [-0.4, -0.2) is 131 Å². The van der Waals surface area contributed by atoms with Crippen LogP contribution in [0.25, 0.3) is 32.8 Å². The van der Waals surface area contributed by atoms with Crippen molar-refractivity contribution < 1.29 is 42.9 Å². The van der Waals surface area contributed by atoms with E-state index in [9.17, 15) is 29.1 Å². The van der Waals surface area contributed by atoms with Crippen molar-refractivity contribution in [2.24, 2.45) is 0 Å². The van der Waals surface area contributed by atoms with E-state index >= 15 is 4.39 Å². The highest BCUT2D eigenvalue weighted by atomic mass is 35.5. The molecule has 4 aromatic carbocycles. The van der Waals surface area contributed by atoms with Crippen molar-refractivity contribution in [3.63, 3.8) is 0 Å². The Bertz CT molecular complexity index is 2640. The van der Waals surface area contributed by atoms with Gasteiger partial charge in [-0.1, -0.05) is 41.9 Å². The lowest BCUT2D eigenvalue weighted by molar-refractivity contribution is -0.137. The summed E-state index contributed by atoms with van der Waals surface area (Å²) in [6.07, 6.45) is 0.548. The third-order valence-electron chi connectivity index (χ3n) is 11.6. The molecule has 0 saturated carbocycles. The average Bonchev–Trinajstić information content (AvgIpc) is 3.59. The predicted octanol–water partition coefficient (Wildman–Crippen LogP) is 4.73. The quantitative estimate of drug-likeness (QED) is 0.103. The van der Waals surface area contributed by atoms with Gasteiger partial charge in [-0.3, -0.25) is 29.3 Å². The van der Waals surface area contributed by atoms with Crippen molar-refractivity contribution in [3.8, 4) is 22.6 Å². The first-order valence-electron chi connectivity index (χ1n) is 20.7. The standard InChI is InChI=1S/C45H46ClFN8O8/c1-26(56)53-13-15-54(16-14-53)42-34-24-35(46)39(33-22-29(57)21-27-5-3-4-6-31(27)33)40(47)41(34)50-45(51-42)48-12-11-38(59)52(2)17-18-62-19-20-63-30-8-7-28-25-55(44(61)32(28)23-30)36-9-10-37(58)49-43(36)60/h3-8,21-24,36,57H,9-20,25H2,1-2H3,(H,48,50,51)(H,49,58,60). The lowest BCUT2D eigenvalue weighted by Crippen LogP contribution is -2.52. The number of carbonyl (C=O) groups excluding carboxylic acids is 5. The normalized spacial score (nSPS) is 16.4. The van der Waals surface area contributed by atoms with Gasteiger partial charge in [0.15, 0.2) is 5.82 Å². The molecule has 3 aliphatic heterocycles. The van der Waals surface area contributed by atoms with E-state index in [4.69, 9.17) is 26.1 Å². The van der Waals surface area contributed by atoms with E-state index in [0.717, 1.165) is 5.56 Å². The molecule has 1 atom stereocenters. The Morgan fingerprint density at radius 2 is 1.78 bits per heavy atom. The lowest BCUT2D eigenvalue weighted by atomic mass is 9.96. The number of phenols is 1. The van der Waals surface area contributed by atoms with Gasteiger partial charge in [0.2, 0.25) is 29.6 Å². The molecule has 8 rings (SSSR count). The maximum absolute atomic E-state index is 16.9. The van der Waals surface area contributed by atoms with Crippen LogP contribution in [0.3, 0.4) is 0 Å². The number of nitrogens with one attached hydrogen (secondary N) is 2. The molecule has 2 saturated heterocycles. The summed E-state index contributed by atoms with van der Waals surface area (Å²) in [4.78, 5) is 78.3. The van der Waals surface area contributed by atoms with Crippen LogP contribution < -0.4 is 20.3 Å². The molecule has 328 valence electrons. The molecule has 0 radical (unpaired) electrons. The number of halogens is 2. The molecule has 16 nitrogen and oxygen atoms in total. The van der Waals surface area contributed by atoms with Crippen molar-refractivity contribution in [2.75, 3.05) is 76.4 Å². The molecule has 5 amide bonds. The summed E-state index contributed by atoms with van der Waals surface area (Å²) in [5.74, 6) is -1.01. The largest absolute Gasteiger partial charge is 0.508 e. The lowest BCUT2D eigenvalue weighted by Gasteiger charge is -2.35. The van der Waals surface area contributed by atoms with Crippen molar-refractivity contribution in [3.05, 3.63) is 82.6 Å². The second-order valence-corrected chi connectivity index (χ2v) is 16.1. The fourth-order valence-electron chi connectivity index (χ4n) is 8.22. The molecule has 1 aromatic heterocycles. The number of fused-ring (bicyclic) bond motifs is 3. The summed E-state index contributed by atoms with van der Waals surface area (Å²) in [6.45, 7) is 4.74. The number of piperidine rings is 1. The molecule has 18 heteroatoms. The van der Waals surface area contributed by atoms with Crippen LogP contribution >= 0.6 is 11.6 Å². The molecule has 5 aromatic rings. The Morgan fingerprint density at radius 1 is 0.984 bits per heavy atom. The van der Waals surface area contributed by atoms with Crippen molar-refractivity contribution in [1.82, 2.24) is 30.0 Å². The minimum atomic E-state index is -0.693. The molecular weight excluding hydrogens is 835 g/mol. The fraction of sp³-hybridized carbons (Fsp3) is 0.356. The molecule has 3 N–H and O–H groups in total. The summed E-state index contributed by atoms with van der Waals surface area (Å²) in [6, 6.07) is 16.5. The zero-order valence-electron chi connectivity index (χ0n) is 34.8. The van der Waals surface area contributed by atoms with Crippen LogP contribution in [0.4, 0.5) is 16.2 Å². The van der Waals surface area contributed by atoms with Gasteiger partial charge in [-0.15, -0.1) is 0 Å². The van der Waals surface area contributed by atoms with E-state index in [0.29, 0.717) is 71.6 Å². The second kappa shape index (κ2) is 18.4. The number of piperazine rings is 1. The number of nitrogens with zero attached hydrogens (tertiary/aromatic N) is 6. The molecule has 0 aliphatic carbocycles. The minimum absolute atomic E-state index is 0.00832. The second-order valence-electron chi connectivity index (χ2n) is 15.7. The van der Waals surface area contributed by atoms with E-state index in [1.807, 2.05) is 29.2 Å². The number of aromatic hydroxyl groups is 1. The first-order valence-corrected chi connectivity index (χ1v) is 21.1. The number of ether oxygens (including phenoxy) is 2. The van der Waals surface area contributed by atoms with Gasteiger partial charge in [0.25, 0.3) is 5.91 Å². The number of benzene rings is 4. The third-order valence-corrected chi connectivity index (χ3v) is 11.9. The Hall–Kier alpha value is -6.59. The Kier molecular flexibility index (Phi) is 12.6. The SMILES string of the molecule is CC(=O)N1CCN(c2nc(NCCC(=O)N(C)CCOCCOc3ccc4c(c3)C(=O)N(C3CCC(=O)NC3=O)C4)nc3c(F)c(-c4cc(O)cc5ccccc45)c(Cl)cc23)CC1.